The van der Waals surface area contributed by atoms with Crippen LogP contribution in [0.2, 0.25) is 0 Å². The van der Waals surface area contributed by atoms with Crippen LogP contribution in [0.15, 0.2) is 29.2 Å². The number of carboxylic acids is 3. The highest BCUT2D eigenvalue weighted by molar-refractivity contribution is 8.26. The molecule has 1 saturated heterocycles. The fourth-order valence-corrected chi connectivity index (χ4v) is 3.80. The summed E-state index contributed by atoms with van der Waals surface area (Å²) in [7, 11) is 0. The highest BCUT2D eigenvalue weighted by Crippen LogP contribution is 2.35. The molecular weight excluding hydrogens is 422 g/mol. The Labute approximate surface area is 174 Å². The fourth-order valence-electron chi connectivity index (χ4n) is 2.44. The van der Waals surface area contributed by atoms with Crippen molar-refractivity contribution < 1.29 is 39.2 Å². The molecule has 29 heavy (non-hydrogen) atoms. The summed E-state index contributed by atoms with van der Waals surface area (Å²) in [6, 6.07) is 5.18. The van der Waals surface area contributed by atoms with E-state index in [0.29, 0.717) is 11.3 Å². The monoisotopic (exact) mass is 439 g/mol. The van der Waals surface area contributed by atoms with Crippen molar-refractivity contribution in [1.82, 2.24) is 4.90 Å². The molecule has 0 aromatic heterocycles. The molecule has 0 bridgehead atoms. The number of carbonyl (C=O) groups excluding carboxylic acids is 1. The SMILES string of the molecule is O=C(O)CCOc1ccc(/C=C2\SC(=S)N(C(CCC(=O)O)C(=O)O)C2=O)cc1. The topological polar surface area (TPSA) is 141 Å². The van der Waals surface area contributed by atoms with Gasteiger partial charge in [-0.2, -0.15) is 0 Å². The van der Waals surface area contributed by atoms with E-state index in [-0.39, 0.29) is 28.7 Å². The van der Waals surface area contributed by atoms with E-state index in [0.717, 1.165) is 16.7 Å². The van der Waals surface area contributed by atoms with Crippen molar-refractivity contribution >= 4 is 58.2 Å². The number of thioether (sulfide) groups is 1. The molecular formula is C18H17NO8S2. The Morgan fingerprint density at radius 2 is 1.72 bits per heavy atom. The van der Waals surface area contributed by atoms with Crippen LogP contribution in [0.1, 0.15) is 24.8 Å². The molecule has 0 aliphatic carbocycles. The number of thiocarbonyl (C=S) groups is 1. The minimum absolute atomic E-state index is 0.0280. The number of rotatable bonds is 10. The number of nitrogens with zero attached hydrogens (tertiary/aromatic N) is 1. The molecule has 0 radical (unpaired) electrons. The second kappa shape index (κ2) is 10.0. The van der Waals surface area contributed by atoms with Gasteiger partial charge in [0.1, 0.15) is 16.1 Å². The average Bonchev–Trinajstić information content (AvgIpc) is 2.90. The first-order chi connectivity index (χ1) is 13.7. The Kier molecular flexibility index (Phi) is 7.74. The van der Waals surface area contributed by atoms with Crippen LogP contribution in [-0.2, 0) is 19.2 Å². The maximum Gasteiger partial charge on any atom is 0.326 e. The van der Waals surface area contributed by atoms with E-state index >= 15 is 0 Å². The van der Waals surface area contributed by atoms with Gasteiger partial charge in [-0.15, -0.1) is 0 Å². The van der Waals surface area contributed by atoms with Crippen molar-refractivity contribution in [2.75, 3.05) is 6.61 Å². The van der Waals surface area contributed by atoms with Crippen LogP contribution in [0.4, 0.5) is 0 Å². The quantitative estimate of drug-likeness (QED) is 0.366. The number of ether oxygens (including phenoxy) is 1. The van der Waals surface area contributed by atoms with Gasteiger partial charge in [0.05, 0.1) is 17.9 Å². The maximum atomic E-state index is 12.6. The second-order valence-corrected chi connectivity index (χ2v) is 7.58. The first kappa shape index (κ1) is 22.4. The van der Waals surface area contributed by atoms with Crippen LogP contribution in [0, 0.1) is 0 Å². The van der Waals surface area contributed by atoms with Crippen LogP contribution < -0.4 is 4.74 Å². The standard InChI is InChI=1S/C18H17NO8S2/c20-14(21)6-5-12(17(25)26)19-16(24)13(29-18(19)28)9-10-1-3-11(4-2-10)27-8-7-15(22)23/h1-4,9,12H,5-8H2,(H,20,21)(H,22,23)(H,25,26)/b13-9-. The number of hydrogen-bond acceptors (Lipinski definition) is 7. The molecule has 1 atom stereocenters. The summed E-state index contributed by atoms with van der Waals surface area (Å²) >= 11 is 6.06. The molecule has 1 amide bonds. The van der Waals surface area contributed by atoms with E-state index in [1.165, 1.54) is 6.08 Å². The number of aliphatic carboxylic acids is 3. The first-order valence-electron chi connectivity index (χ1n) is 8.35. The molecule has 1 aromatic carbocycles. The van der Waals surface area contributed by atoms with Crippen molar-refractivity contribution in [2.24, 2.45) is 0 Å². The Balaban J connectivity index is 2.11. The number of carbonyl (C=O) groups is 4. The number of benzene rings is 1. The molecule has 1 fully saturated rings. The van der Waals surface area contributed by atoms with Gasteiger partial charge in [-0.25, -0.2) is 4.79 Å². The van der Waals surface area contributed by atoms with Gasteiger partial charge in [-0.1, -0.05) is 36.1 Å². The summed E-state index contributed by atoms with van der Waals surface area (Å²) in [5.41, 5.74) is 0.633. The second-order valence-electron chi connectivity index (χ2n) is 5.90. The number of amides is 1. The van der Waals surface area contributed by atoms with Crippen LogP contribution in [-0.4, -0.2) is 61.0 Å². The molecule has 1 aliphatic heterocycles. The molecule has 0 spiro atoms. The molecule has 11 heteroatoms. The molecule has 3 N–H and O–H groups in total. The van der Waals surface area contributed by atoms with Crippen LogP contribution in [0.5, 0.6) is 5.75 Å². The van der Waals surface area contributed by atoms with E-state index < -0.39 is 36.3 Å². The maximum absolute atomic E-state index is 12.6. The zero-order chi connectivity index (χ0) is 21.6. The van der Waals surface area contributed by atoms with Crippen molar-refractivity contribution in [3.63, 3.8) is 0 Å². The predicted octanol–water partition coefficient (Wildman–Crippen LogP) is 2.06. The number of carboxylic acid groups (broad SMARTS) is 3. The van der Waals surface area contributed by atoms with Gasteiger partial charge in [0.25, 0.3) is 5.91 Å². The zero-order valence-electron chi connectivity index (χ0n) is 14.9. The lowest BCUT2D eigenvalue weighted by molar-refractivity contribution is -0.146. The Morgan fingerprint density at radius 1 is 1.10 bits per heavy atom. The van der Waals surface area contributed by atoms with E-state index in [2.05, 4.69) is 0 Å². The summed E-state index contributed by atoms with van der Waals surface area (Å²) in [4.78, 5) is 46.5. The van der Waals surface area contributed by atoms with Gasteiger partial charge in [-0.05, 0) is 30.2 Å². The van der Waals surface area contributed by atoms with Crippen molar-refractivity contribution in [2.45, 2.75) is 25.3 Å². The molecule has 1 aliphatic rings. The van der Waals surface area contributed by atoms with Crippen molar-refractivity contribution in [3.8, 4) is 5.75 Å². The third-order valence-corrected chi connectivity index (χ3v) is 5.14. The summed E-state index contributed by atoms with van der Waals surface area (Å²) in [5.74, 6) is -3.59. The van der Waals surface area contributed by atoms with E-state index in [4.69, 9.17) is 27.2 Å². The normalized spacial score (nSPS) is 16.1. The average molecular weight is 439 g/mol. The highest BCUT2D eigenvalue weighted by atomic mass is 32.2. The lowest BCUT2D eigenvalue weighted by Gasteiger charge is -2.22. The van der Waals surface area contributed by atoms with Crippen LogP contribution in [0.3, 0.4) is 0 Å². The molecule has 9 nitrogen and oxygen atoms in total. The van der Waals surface area contributed by atoms with Gasteiger partial charge >= 0.3 is 17.9 Å². The summed E-state index contributed by atoms with van der Waals surface area (Å²) in [6.07, 6.45) is 0.746. The van der Waals surface area contributed by atoms with E-state index in [9.17, 15) is 24.3 Å². The predicted molar refractivity (Wildman–Crippen MR) is 107 cm³/mol. The highest BCUT2D eigenvalue weighted by Gasteiger charge is 2.40. The van der Waals surface area contributed by atoms with Gasteiger partial charge in [0.15, 0.2) is 0 Å². The smallest absolute Gasteiger partial charge is 0.326 e. The summed E-state index contributed by atoms with van der Waals surface area (Å²) in [6.45, 7) is 0.0280. The third kappa shape index (κ3) is 6.29. The van der Waals surface area contributed by atoms with Crippen LogP contribution in [0.25, 0.3) is 6.08 Å². The summed E-state index contributed by atoms with van der Waals surface area (Å²) < 4.78 is 5.33. The first-order valence-corrected chi connectivity index (χ1v) is 9.58. The number of hydrogen-bond donors (Lipinski definition) is 3. The zero-order valence-corrected chi connectivity index (χ0v) is 16.6. The molecule has 1 aromatic rings. The van der Waals surface area contributed by atoms with Crippen LogP contribution >= 0.6 is 24.0 Å². The lowest BCUT2D eigenvalue weighted by atomic mass is 10.1. The van der Waals surface area contributed by atoms with Gasteiger partial charge < -0.3 is 20.1 Å². The van der Waals surface area contributed by atoms with E-state index in [1.54, 1.807) is 24.3 Å². The molecule has 154 valence electrons. The van der Waals surface area contributed by atoms with Crippen molar-refractivity contribution in [1.29, 1.82) is 0 Å². The van der Waals surface area contributed by atoms with Gasteiger partial charge in [0.2, 0.25) is 0 Å². The third-order valence-electron chi connectivity index (χ3n) is 3.81. The minimum atomic E-state index is -1.35. The molecule has 1 unspecified atom stereocenters. The molecule has 1 heterocycles. The van der Waals surface area contributed by atoms with Crippen molar-refractivity contribution in [3.05, 3.63) is 34.7 Å². The Morgan fingerprint density at radius 3 is 2.28 bits per heavy atom. The lowest BCUT2D eigenvalue weighted by Crippen LogP contribution is -2.44. The fraction of sp³-hybridized carbons (Fsp3) is 0.278. The summed E-state index contributed by atoms with van der Waals surface area (Å²) in [5, 5.41) is 26.7. The van der Waals surface area contributed by atoms with E-state index in [1.807, 2.05) is 0 Å². The van der Waals surface area contributed by atoms with Gasteiger partial charge in [0, 0.05) is 6.42 Å². The Hall–Kier alpha value is -2.92. The Bertz CT molecular complexity index is 865. The molecule has 0 saturated carbocycles. The minimum Gasteiger partial charge on any atom is -0.493 e. The van der Waals surface area contributed by atoms with Gasteiger partial charge in [-0.3, -0.25) is 19.3 Å². The molecule has 2 rings (SSSR count). The largest absolute Gasteiger partial charge is 0.493 e.